The van der Waals surface area contributed by atoms with Crippen LogP contribution in [0.1, 0.15) is 20.3 Å². The van der Waals surface area contributed by atoms with Crippen molar-refractivity contribution in [1.29, 1.82) is 5.53 Å². The van der Waals surface area contributed by atoms with Crippen molar-refractivity contribution in [2.24, 2.45) is 5.22 Å². The Bertz CT molecular complexity index is 471. The van der Waals surface area contributed by atoms with Crippen molar-refractivity contribution in [3.63, 3.8) is 0 Å². The summed E-state index contributed by atoms with van der Waals surface area (Å²) in [5.74, 6) is 0.684. The summed E-state index contributed by atoms with van der Waals surface area (Å²) in [7, 11) is 0. The van der Waals surface area contributed by atoms with Crippen LogP contribution < -0.4 is 15.1 Å². The Labute approximate surface area is 118 Å². The minimum absolute atomic E-state index is 0.435. The van der Waals surface area contributed by atoms with Gasteiger partial charge in [0.05, 0.1) is 5.69 Å². The maximum absolute atomic E-state index is 11.7. The number of nitrogens with zero attached hydrogens (tertiary/aromatic N) is 2. The zero-order valence-corrected chi connectivity index (χ0v) is 11.8. The number of benzene rings is 1. The van der Waals surface area contributed by atoms with Gasteiger partial charge in [0.15, 0.2) is 0 Å². The van der Waals surface area contributed by atoms with E-state index in [1.807, 2.05) is 6.92 Å². The van der Waals surface area contributed by atoms with Gasteiger partial charge in [0.2, 0.25) is 0 Å². The number of carbonyl (C=O) groups excluding carboxylic acids is 1. The number of urea groups is 1. The van der Waals surface area contributed by atoms with E-state index < -0.39 is 6.03 Å². The van der Waals surface area contributed by atoms with Crippen LogP contribution >= 0.6 is 0 Å². The molecule has 0 aliphatic carbocycles. The van der Waals surface area contributed by atoms with E-state index >= 15 is 0 Å². The van der Waals surface area contributed by atoms with Crippen molar-refractivity contribution in [2.75, 3.05) is 18.2 Å². The lowest BCUT2D eigenvalue weighted by Crippen LogP contribution is -2.36. The van der Waals surface area contributed by atoms with Crippen LogP contribution in [0.2, 0.25) is 0 Å². The third kappa shape index (κ3) is 4.38. The summed E-state index contributed by atoms with van der Waals surface area (Å²) in [5, 5.41) is 6.78. The molecule has 0 atom stereocenters. The van der Waals surface area contributed by atoms with E-state index in [9.17, 15) is 4.79 Å². The monoisotopic (exact) mass is 276 g/mol. The molecule has 0 unspecified atom stereocenters. The highest BCUT2D eigenvalue weighted by Crippen LogP contribution is 2.20. The Balaban J connectivity index is 2.71. The van der Waals surface area contributed by atoms with Crippen molar-refractivity contribution in [1.82, 2.24) is 5.32 Å². The van der Waals surface area contributed by atoms with Gasteiger partial charge >= 0.3 is 6.03 Å². The van der Waals surface area contributed by atoms with Crippen molar-refractivity contribution in [3.8, 4) is 5.75 Å². The van der Waals surface area contributed by atoms with Gasteiger partial charge in [-0.05, 0) is 43.2 Å². The average molecular weight is 276 g/mol. The molecule has 2 N–H and O–H groups in total. The summed E-state index contributed by atoms with van der Waals surface area (Å²) < 4.78 is 5.54. The van der Waals surface area contributed by atoms with Crippen LogP contribution in [0, 0.1) is 5.53 Å². The zero-order chi connectivity index (χ0) is 15.0. The lowest BCUT2D eigenvalue weighted by Gasteiger charge is -2.15. The van der Waals surface area contributed by atoms with Gasteiger partial charge in [0, 0.05) is 6.54 Å². The summed E-state index contributed by atoms with van der Waals surface area (Å²) in [6, 6.07) is 6.38. The third-order valence-electron chi connectivity index (χ3n) is 2.64. The molecule has 2 amide bonds. The van der Waals surface area contributed by atoms with Gasteiger partial charge in [-0.25, -0.2) is 4.79 Å². The van der Waals surface area contributed by atoms with E-state index in [0.29, 0.717) is 24.6 Å². The van der Waals surface area contributed by atoms with Gasteiger partial charge < -0.3 is 10.1 Å². The Kier molecular flexibility index (Phi) is 6.22. The molecule has 0 fully saturated rings. The van der Waals surface area contributed by atoms with E-state index in [-0.39, 0.29) is 0 Å². The number of carbonyl (C=O) groups is 1. The fraction of sp³-hybridized carbons (Fsp3) is 0.357. The van der Waals surface area contributed by atoms with E-state index in [1.54, 1.807) is 31.2 Å². The Morgan fingerprint density at radius 3 is 2.55 bits per heavy atom. The van der Waals surface area contributed by atoms with Crippen LogP contribution in [0.4, 0.5) is 10.5 Å². The van der Waals surface area contributed by atoms with Gasteiger partial charge in [-0.1, -0.05) is 18.7 Å². The summed E-state index contributed by atoms with van der Waals surface area (Å²) in [6.45, 7) is 8.64. The lowest BCUT2D eigenvalue weighted by atomic mass is 10.2. The molecule has 0 aromatic heterocycles. The first-order valence-corrected chi connectivity index (χ1v) is 6.47. The van der Waals surface area contributed by atoms with Crippen molar-refractivity contribution in [2.45, 2.75) is 20.3 Å². The number of amides is 2. The van der Waals surface area contributed by atoms with E-state index in [2.05, 4.69) is 17.1 Å². The topological polar surface area (TPSA) is 77.8 Å². The highest BCUT2D eigenvalue weighted by molar-refractivity contribution is 5.91. The number of hydrogen-bond acceptors (Lipinski definition) is 4. The first-order valence-electron chi connectivity index (χ1n) is 6.47. The Morgan fingerprint density at radius 2 is 2.05 bits per heavy atom. The number of anilines is 1. The van der Waals surface area contributed by atoms with Crippen LogP contribution in [-0.4, -0.2) is 19.2 Å². The van der Waals surface area contributed by atoms with Gasteiger partial charge in [-0.15, -0.1) is 0 Å². The molecule has 6 heteroatoms. The maximum atomic E-state index is 11.7. The highest BCUT2D eigenvalue weighted by atomic mass is 16.5. The molecule has 0 heterocycles. The first kappa shape index (κ1) is 15.7. The smallest absolute Gasteiger partial charge is 0.343 e. The molecule has 6 nitrogen and oxygen atoms in total. The molecule has 108 valence electrons. The number of nitrogens with one attached hydrogen (secondary N) is 2. The highest BCUT2D eigenvalue weighted by Gasteiger charge is 2.13. The minimum atomic E-state index is -0.435. The number of rotatable bonds is 7. The molecule has 0 saturated carbocycles. The van der Waals surface area contributed by atoms with Crippen LogP contribution in [0.3, 0.4) is 0 Å². The fourth-order valence-electron chi connectivity index (χ4n) is 1.42. The predicted molar refractivity (Wildman–Crippen MR) is 78.1 cm³/mol. The van der Waals surface area contributed by atoms with Crippen LogP contribution in [0.25, 0.3) is 0 Å². The average Bonchev–Trinajstić information content (AvgIpc) is 2.47. The molecule has 0 bridgehead atoms. The SMILES string of the molecule is C=C(CC)COc1ccc(N(N=N)C(=O)NCC)cc1. The zero-order valence-electron chi connectivity index (χ0n) is 11.8. The predicted octanol–water partition coefficient (Wildman–Crippen LogP) is 3.51. The third-order valence-corrected chi connectivity index (χ3v) is 2.64. The minimum Gasteiger partial charge on any atom is -0.489 e. The van der Waals surface area contributed by atoms with Crippen LogP contribution in [0.15, 0.2) is 41.6 Å². The Morgan fingerprint density at radius 1 is 1.40 bits per heavy atom. The maximum Gasteiger partial charge on any atom is 0.343 e. The summed E-state index contributed by atoms with van der Waals surface area (Å²) >= 11 is 0. The molecular weight excluding hydrogens is 256 g/mol. The summed E-state index contributed by atoms with van der Waals surface area (Å²) in [6.07, 6.45) is 0.876. The quantitative estimate of drug-likeness (QED) is 0.454. The summed E-state index contributed by atoms with van der Waals surface area (Å²) in [5.41, 5.74) is 8.59. The number of hydrogen-bond donors (Lipinski definition) is 2. The normalized spacial score (nSPS) is 9.70. The van der Waals surface area contributed by atoms with E-state index in [1.165, 1.54) is 0 Å². The van der Waals surface area contributed by atoms with Gasteiger partial charge in [0.25, 0.3) is 0 Å². The molecule has 0 aliphatic heterocycles. The summed E-state index contributed by atoms with van der Waals surface area (Å²) in [4.78, 5) is 11.7. The second-order valence-corrected chi connectivity index (χ2v) is 4.13. The second kappa shape index (κ2) is 7.93. The molecule has 0 aliphatic rings. The molecule has 0 saturated heterocycles. The molecule has 1 rings (SSSR count). The molecule has 20 heavy (non-hydrogen) atoms. The number of ether oxygens (including phenoxy) is 1. The lowest BCUT2D eigenvalue weighted by molar-refractivity contribution is 0.246. The molecule has 0 spiro atoms. The van der Waals surface area contributed by atoms with E-state index in [4.69, 9.17) is 10.3 Å². The van der Waals surface area contributed by atoms with E-state index in [0.717, 1.165) is 17.0 Å². The van der Waals surface area contributed by atoms with Gasteiger partial charge in [0.1, 0.15) is 12.4 Å². The second-order valence-electron chi connectivity index (χ2n) is 4.13. The Hall–Kier alpha value is -2.37. The first-order chi connectivity index (χ1) is 9.62. The van der Waals surface area contributed by atoms with Gasteiger partial charge in [-0.3, -0.25) is 0 Å². The van der Waals surface area contributed by atoms with Crippen LogP contribution in [0.5, 0.6) is 5.75 Å². The van der Waals surface area contributed by atoms with Crippen LogP contribution in [-0.2, 0) is 0 Å². The largest absolute Gasteiger partial charge is 0.489 e. The molecule has 1 aromatic carbocycles. The van der Waals surface area contributed by atoms with Gasteiger partial charge in [-0.2, -0.15) is 10.5 Å². The molecule has 0 radical (unpaired) electrons. The fourth-order valence-corrected chi connectivity index (χ4v) is 1.42. The molecule has 1 aromatic rings. The van der Waals surface area contributed by atoms with Crippen molar-refractivity contribution in [3.05, 3.63) is 36.4 Å². The van der Waals surface area contributed by atoms with Crippen molar-refractivity contribution >= 4 is 11.7 Å². The standard InChI is InChI=1S/C14H20N4O2/c1-4-11(3)10-20-13-8-6-12(7-9-13)18(17-15)14(19)16-5-2/h6-9,15H,3-5,10H2,1-2H3,(H,16,19). The molecular formula is C14H20N4O2. The van der Waals surface area contributed by atoms with Crippen molar-refractivity contribution < 1.29 is 9.53 Å².